The number of hydrogen-bond acceptors (Lipinski definition) is 0. The van der Waals surface area contributed by atoms with Crippen LogP contribution in [-0.4, -0.2) is 0 Å². The van der Waals surface area contributed by atoms with E-state index in [1.807, 2.05) is 26.3 Å². The summed E-state index contributed by atoms with van der Waals surface area (Å²) in [5.74, 6) is 0. The molecule has 1 aliphatic rings. The molecule has 0 atom stereocenters. The third kappa shape index (κ3) is 3.37. The van der Waals surface area contributed by atoms with Gasteiger partial charge in [-0.05, 0) is 59.4 Å². The third-order valence-electron chi connectivity index (χ3n) is 4.38. The van der Waals surface area contributed by atoms with E-state index in [1.54, 1.807) is 12.1 Å². The van der Waals surface area contributed by atoms with Crippen molar-refractivity contribution in [3.63, 3.8) is 0 Å². The van der Waals surface area contributed by atoms with Gasteiger partial charge in [-0.25, -0.2) is 0 Å². The van der Waals surface area contributed by atoms with Gasteiger partial charge in [-0.2, -0.15) is 26.3 Å². The molecule has 6 heteroatoms. The van der Waals surface area contributed by atoms with Crippen LogP contribution >= 0.6 is 0 Å². The molecule has 0 amide bonds. The van der Waals surface area contributed by atoms with Gasteiger partial charge in [0.25, 0.3) is 0 Å². The maximum absolute atomic E-state index is 13.2. The highest BCUT2D eigenvalue weighted by Crippen LogP contribution is 2.42. The molecule has 0 saturated heterocycles. The molecule has 0 N–H and O–H groups in total. The SMILES string of the molecule is CCc1ccc2c(c1-c1cc(C(F)(F)F)cc(C(F)(F)F)c1)C=C(C)[CH]2. The van der Waals surface area contributed by atoms with Gasteiger partial charge in [0.15, 0.2) is 0 Å². The largest absolute Gasteiger partial charge is 0.416 e. The van der Waals surface area contributed by atoms with E-state index in [1.165, 1.54) is 0 Å². The van der Waals surface area contributed by atoms with Gasteiger partial charge in [-0.1, -0.05) is 30.7 Å². The summed E-state index contributed by atoms with van der Waals surface area (Å²) in [6, 6.07) is 5.34. The molecule has 0 unspecified atom stereocenters. The van der Waals surface area contributed by atoms with Gasteiger partial charge >= 0.3 is 12.4 Å². The van der Waals surface area contributed by atoms with Crippen molar-refractivity contribution in [1.29, 1.82) is 0 Å². The first-order chi connectivity index (χ1) is 12.0. The Kier molecular flexibility index (Phi) is 4.41. The standard InChI is InChI=1S/C20H15F6/c1-3-12-4-5-13-6-11(2)7-17(13)18(12)14-8-15(19(21,22)23)10-16(9-14)20(24,25)26/h4-10H,3H2,1-2H3. The molecule has 1 aliphatic carbocycles. The number of rotatable bonds is 2. The van der Waals surface area contributed by atoms with Crippen LogP contribution in [0.5, 0.6) is 0 Å². The summed E-state index contributed by atoms with van der Waals surface area (Å²) in [4.78, 5) is 0. The van der Waals surface area contributed by atoms with Crippen molar-refractivity contribution >= 4 is 6.08 Å². The average molecular weight is 369 g/mol. The normalized spacial score (nSPS) is 14.4. The summed E-state index contributed by atoms with van der Waals surface area (Å²) >= 11 is 0. The van der Waals surface area contributed by atoms with Gasteiger partial charge < -0.3 is 0 Å². The van der Waals surface area contributed by atoms with Crippen LogP contribution < -0.4 is 0 Å². The van der Waals surface area contributed by atoms with Gasteiger partial charge in [0.1, 0.15) is 0 Å². The number of allylic oxidation sites excluding steroid dienone is 1. The summed E-state index contributed by atoms with van der Waals surface area (Å²) in [7, 11) is 0. The van der Waals surface area contributed by atoms with E-state index >= 15 is 0 Å². The van der Waals surface area contributed by atoms with Crippen LogP contribution in [0.1, 0.15) is 41.7 Å². The Morgan fingerprint density at radius 3 is 1.92 bits per heavy atom. The second kappa shape index (κ2) is 6.18. The first-order valence-corrected chi connectivity index (χ1v) is 7.99. The first kappa shape index (κ1) is 18.5. The Morgan fingerprint density at radius 2 is 1.42 bits per heavy atom. The summed E-state index contributed by atoms with van der Waals surface area (Å²) in [5, 5.41) is 0. The second-order valence-electron chi connectivity index (χ2n) is 6.28. The maximum Gasteiger partial charge on any atom is 0.416 e. The molecular weight excluding hydrogens is 354 g/mol. The van der Waals surface area contributed by atoms with E-state index in [0.29, 0.717) is 23.1 Å². The van der Waals surface area contributed by atoms with Crippen LogP contribution in [0.2, 0.25) is 0 Å². The Bertz CT molecular complexity index is 852. The molecule has 0 heterocycles. The minimum absolute atomic E-state index is 0.0693. The van der Waals surface area contributed by atoms with Crippen LogP contribution in [0.15, 0.2) is 35.9 Å². The predicted octanol–water partition coefficient (Wildman–Crippen LogP) is 6.92. The van der Waals surface area contributed by atoms with Crippen LogP contribution in [0.4, 0.5) is 26.3 Å². The van der Waals surface area contributed by atoms with Gasteiger partial charge in [0.2, 0.25) is 0 Å². The number of hydrogen-bond donors (Lipinski definition) is 0. The lowest BCUT2D eigenvalue weighted by Crippen LogP contribution is -2.11. The molecule has 0 aliphatic heterocycles. The maximum atomic E-state index is 13.2. The van der Waals surface area contributed by atoms with Gasteiger partial charge in [0.05, 0.1) is 11.1 Å². The predicted molar refractivity (Wildman–Crippen MR) is 88.3 cm³/mol. The number of aryl methyl sites for hydroxylation is 1. The van der Waals surface area contributed by atoms with Crippen LogP contribution in [-0.2, 0) is 18.8 Å². The monoisotopic (exact) mass is 369 g/mol. The quantitative estimate of drug-likeness (QED) is 0.504. The van der Waals surface area contributed by atoms with E-state index in [2.05, 4.69) is 0 Å². The zero-order valence-electron chi connectivity index (χ0n) is 14.0. The fourth-order valence-electron chi connectivity index (χ4n) is 3.21. The summed E-state index contributed by atoms with van der Waals surface area (Å²) in [5.41, 5.74) is 0.812. The Morgan fingerprint density at radius 1 is 0.846 bits per heavy atom. The minimum atomic E-state index is -4.86. The van der Waals surface area contributed by atoms with E-state index in [-0.39, 0.29) is 11.6 Å². The van der Waals surface area contributed by atoms with E-state index in [9.17, 15) is 26.3 Å². The highest BCUT2D eigenvalue weighted by atomic mass is 19.4. The first-order valence-electron chi connectivity index (χ1n) is 7.99. The van der Waals surface area contributed by atoms with Gasteiger partial charge in [-0.15, -0.1) is 0 Å². The molecule has 0 nitrogen and oxygen atoms in total. The molecule has 0 fully saturated rings. The lowest BCUT2D eigenvalue weighted by atomic mass is 9.89. The van der Waals surface area contributed by atoms with Crippen molar-refractivity contribution in [3.8, 4) is 11.1 Å². The molecule has 2 aromatic rings. The van der Waals surface area contributed by atoms with Gasteiger partial charge in [-0.3, -0.25) is 0 Å². The summed E-state index contributed by atoms with van der Waals surface area (Å²) in [6.45, 7) is 3.65. The van der Waals surface area contributed by atoms with E-state index < -0.39 is 23.5 Å². The number of fused-ring (bicyclic) bond motifs is 1. The van der Waals surface area contributed by atoms with Crippen molar-refractivity contribution in [2.45, 2.75) is 32.6 Å². The van der Waals surface area contributed by atoms with Crippen molar-refractivity contribution in [3.05, 3.63) is 70.1 Å². The van der Waals surface area contributed by atoms with Crippen molar-refractivity contribution < 1.29 is 26.3 Å². The molecule has 26 heavy (non-hydrogen) atoms. The molecule has 0 aromatic heterocycles. The lowest BCUT2D eigenvalue weighted by Gasteiger charge is -2.18. The van der Waals surface area contributed by atoms with E-state index in [4.69, 9.17) is 0 Å². The van der Waals surface area contributed by atoms with Crippen molar-refractivity contribution in [1.82, 2.24) is 0 Å². The Balaban J connectivity index is 2.33. The fourth-order valence-corrected chi connectivity index (χ4v) is 3.21. The minimum Gasteiger partial charge on any atom is -0.166 e. The van der Waals surface area contributed by atoms with Crippen LogP contribution in [0, 0.1) is 6.42 Å². The number of halogens is 6. The molecule has 0 spiro atoms. The number of benzene rings is 2. The molecule has 137 valence electrons. The number of alkyl halides is 6. The second-order valence-corrected chi connectivity index (χ2v) is 6.28. The smallest absolute Gasteiger partial charge is 0.166 e. The average Bonchev–Trinajstić information content (AvgIpc) is 2.91. The molecule has 1 radical (unpaired) electrons. The molecule has 3 rings (SSSR count). The van der Waals surface area contributed by atoms with Crippen molar-refractivity contribution in [2.24, 2.45) is 0 Å². The zero-order chi connectivity index (χ0) is 19.3. The fraction of sp³-hybridized carbons (Fsp3) is 0.250. The van der Waals surface area contributed by atoms with Gasteiger partial charge in [0, 0.05) is 6.42 Å². The molecule has 2 aromatic carbocycles. The highest BCUT2D eigenvalue weighted by molar-refractivity contribution is 5.85. The van der Waals surface area contributed by atoms with Crippen LogP contribution in [0.25, 0.3) is 17.2 Å². The zero-order valence-corrected chi connectivity index (χ0v) is 14.0. The molecular formula is C20H15F6. The van der Waals surface area contributed by atoms with Crippen LogP contribution in [0.3, 0.4) is 0 Å². The summed E-state index contributed by atoms with van der Waals surface area (Å²) < 4.78 is 79.1. The van der Waals surface area contributed by atoms with E-state index in [0.717, 1.165) is 23.3 Å². The third-order valence-corrected chi connectivity index (χ3v) is 4.38. The Labute approximate surface area is 147 Å². The molecule has 0 saturated carbocycles. The highest BCUT2D eigenvalue weighted by Gasteiger charge is 2.37. The molecule has 0 bridgehead atoms. The Hall–Kier alpha value is -2.24. The topological polar surface area (TPSA) is 0 Å². The summed E-state index contributed by atoms with van der Waals surface area (Å²) in [6.07, 6.45) is -5.59. The van der Waals surface area contributed by atoms with Crippen molar-refractivity contribution in [2.75, 3.05) is 0 Å². The lowest BCUT2D eigenvalue weighted by molar-refractivity contribution is -0.143.